The monoisotopic (exact) mass is 410 g/mol. The minimum Gasteiger partial charge on any atom is -0.390 e. The van der Waals surface area contributed by atoms with Crippen LogP contribution in [-0.2, 0) is 11.3 Å². The molecule has 0 spiro atoms. The Balaban J connectivity index is 1.27. The van der Waals surface area contributed by atoms with Crippen LogP contribution in [0.4, 0.5) is 0 Å². The molecule has 0 radical (unpaired) electrons. The molecular formula is C26H38N2O2. The number of hydrogen-bond donors (Lipinski definition) is 2. The number of fused-ring (bicyclic) bond motifs is 5. The van der Waals surface area contributed by atoms with Crippen LogP contribution >= 0.6 is 0 Å². The molecule has 1 aromatic rings. The molecule has 8 atom stereocenters. The van der Waals surface area contributed by atoms with Crippen LogP contribution < -0.4 is 5.32 Å². The van der Waals surface area contributed by atoms with Gasteiger partial charge in [0.2, 0.25) is 5.91 Å². The zero-order valence-corrected chi connectivity index (χ0v) is 18.6. The van der Waals surface area contributed by atoms with E-state index < -0.39 is 5.60 Å². The van der Waals surface area contributed by atoms with Gasteiger partial charge in [-0.05, 0) is 111 Å². The number of carbonyl (C=O) groups excluding carboxylic acids is 1. The van der Waals surface area contributed by atoms with Crippen LogP contribution in [0, 0.1) is 40.9 Å². The Morgan fingerprint density at radius 1 is 1.10 bits per heavy atom. The van der Waals surface area contributed by atoms with Gasteiger partial charge in [-0.1, -0.05) is 13.0 Å². The molecule has 2 N–H and O–H groups in total. The maximum Gasteiger partial charge on any atom is 0.223 e. The van der Waals surface area contributed by atoms with Crippen LogP contribution in [0.15, 0.2) is 24.5 Å². The van der Waals surface area contributed by atoms with E-state index in [1.165, 1.54) is 38.5 Å². The van der Waals surface area contributed by atoms with Crippen molar-refractivity contribution in [3.63, 3.8) is 0 Å². The Morgan fingerprint density at radius 3 is 2.73 bits per heavy atom. The van der Waals surface area contributed by atoms with Crippen LogP contribution in [0.1, 0.15) is 77.2 Å². The zero-order valence-electron chi connectivity index (χ0n) is 18.6. The fourth-order valence-corrected chi connectivity index (χ4v) is 8.33. The van der Waals surface area contributed by atoms with Gasteiger partial charge in [-0.3, -0.25) is 9.78 Å². The molecule has 4 nitrogen and oxygen atoms in total. The van der Waals surface area contributed by atoms with Crippen LogP contribution in [0.25, 0.3) is 0 Å². The summed E-state index contributed by atoms with van der Waals surface area (Å²) in [5.41, 5.74) is 0.788. The van der Waals surface area contributed by atoms with Crippen molar-refractivity contribution >= 4 is 5.91 Å². The molecule has 4 saturated carbocycles. The van der Waals surface area contributed by atoms with Gasteiger partial charge in [0.05, 0.1) is 5.60 Å². The molecule has 30 heavy (non-hydrogen) atoms. The number of amides is 1. The van der Waals surface area contributed by atoms with Gasteiger partial charge < -0.3 is 10.4 Å². The lowest BCUT2D eigenvalue weighted by Crippen LogP contribution is -2.51. The lowest BCUT2D eigenvalue weighted by molar-refractivity contribution is -0.134. The van der Waals surface area contributed by atoms with Gasteiger partial charge in [0.15, 0.2) is 0 Å². The van der Waals surface area contributed by atoms with E-state index >= 15 is 0 Å². The topological polar surface area (TPSA) is 62.2 Å². The Kier molecular flexibility index (Phi) is 5.20. The average Bonchev–Trinajstić information content (AvgIpc) is 3.09. The van der Waals surface area contributed by atoms with Crippen LogP contribution in [-0.4, -0.2) is 21.6 Å². The first-order valence-electron chi connectivity index (χ1n) is 12.3. The summed E-state index contributed by atoms with van der Waals surface area (Å²) >= 11 is 0. The molecule has 164 valence electrons. The standard InChI is InChI=1S/C26H38N2O2/c1-25(30)11-9-19-18(14-25)5-6-21-20(19)10-12-26(2)22(21)7-8-23(26)24(29)28-16-17-4-3-13-27-15-17/h3-4,13,15,18-23,30H,5-12,14,16H2,1-2H3,(H,28,29)/t18-,19+,20-,21-,22+,23-,25-,26+/m1/s1. The van der Waals surface area contributed by atoms with E-state index in [0.717, 1.165) is 48.5 Å². The zero-order chi connectivity index (χ0) is 20.9. The first-order chi connectivity index (χ1) is 14.4. The van der Waals surface area contributed by atoms with E-state index in [1.54, 1.807) is 6.20 Å². The molecule has 1 aromatic heterocycles. The minimum atomic E-state index is -0.442. The minimum absolute atomic E-state index is 0.157. The second kappa shape index (κ2) is 7.62. The second-order valence-corrected chi connectivity index (χ2v) is 11.4. The lowest BCUT2D eigenvalue weighted by Gasteiger charge is -2.56. The quantitative estimate of drug-likeness (QED) is 0.758. The van der Waals surface area contributed by atoms with Crippen molar-refractivity contribution in [3.05, 3.63) is 30.1 Å². The molecule has 0 aliphatic heterocycles. The molecule has 5 rings (SSSR count). The molecule has 4 aliphatic rings. The Hall–Kier alpha value is -1.42. The number of hydrogen-bond acceptors (Lipinski definition) is 3. The molecule has 0 aromatic carbocycles. The summed E-state index contributed by atoms with van der Waals surface area (Å²) in [7, 11) is 0. The van der Waals surface area contributed by atoms with Crippen molar-refractivity contribution < 1.29 is 9.90 Å². The fraction of sp³-hybridized carbons (Fsp3) is 0.769. The third-order valence-corrected chi connectivity index (χ3v) is 9.74. The van der Waals surface area contributed by atoms with Crippen molar-refractivity contribution in [3.8, 4) is 0 Å². The highest BCUT2D eigenvalue weighted by atomic mass is 16.3. The van der Waals surface area contributed by atoms with E-state index in [2.05, 4.69) is 17.2 Å². The van der Waals surface area contributed by atoms with E-state index in [4.69, 9.17) is 0 Å². The molecule has 4 heteroatoms. The van der Waals surface area contributed by atoms with Gasteiger partial charge in [-0.25, -0.2) is 0 Å². The summed E-state index contributed by atoms with van der Waals surface area (Å²) in [5.74, 6) is 4.27. The second-order valence-electron chi connectivity index (χ2n) is 11.4. The summed E-state index contributed by atoms with van der Waals surface area (Å²) in [4.78, 5) is 17.3. The van der Waals surface area contributed by atoms with Crippen molar-refractivity contribution in [2.45, 2.75) is 83.8 Å². The van der Waals surface area contributed by atoms with Crippen LogP contribution in [0.2, 0.25) is 0 Å². The molecular weight excluding hydrogens is 372 g/mol. The summed E-state index contributed by atoms with van der Waals surface area (Å²) in [6.07, 6.45) is 14.1. The van der Waals surface area contributed by atoms with Crippen molar-refractivity contribution in [1.82, 2.24) is 10.3 Å². The number of pyridine rings is 1. The largest absolute Gasteiger partial charge is 0.390 e. The summed E-state index contributed by atoms with van der Waals surface area (Å²) in [5, 5.41) is 13.8. The maximum atomic E-state index is 13.2. The van der Waals surface area contributed by atoms with Crippen molar-refractivity contribution in [2.75, 3.05) is 0 Å². The third-order valence-electron chi connectivity index (χ3n) is 9.74. The normalized spacial score (nSPS) is 45.2. The highest BCUT2D eigenvalue weighted by molar-refractivity contribution is 5.80. The molecule has 4 aliphatic carbocycles. The number of aromatic nitrogens is 1. The molecule has 1 heterocycles. The Labute approximate surface area is 181 Å². The lowest BCUT2D eigenvalue weighted by atomic mass is 9.49. The van der Waals surface area contributed by atoms with E-state index in [9.17, 15) is 9.90 Å². The van der Waals surface area contributed by atoms with Gasteiger partial charge in [0.1, 0.15) is 0 Å². The number of nitrogens with zero attached hydrogens (tertiary/aromatic N) is 1. The number of rotatable bonds is 3. The molecule has 1 amide bonds. The first-order valence-corrected chi connectivity index (χ1v) is 12.3. The Bertz CT molecular complexity index is 778. The highest BCUT2D eigenvalue weighted by Crippen LogP contribution is 2.64. The fourth-order valence-electron chi connectivity index (χ4n) is 8.33. The van der Waals surface area contributed by atoms with Gasteiger partial charge >= 0.3 is 0 Å². The summed E-state index contributed by atoms with van der Waals surface area (Å²) < 4.78 is 0. The highest BCUT2D eigenvalue weighted by Gasteiger charge is 2.58. The molecule has 0 unspecified atom stereocenters. The number of nitrogens with one attached hydrogen (secondary N) is 1. The van der Waals surface area contributed by atoms with E-state index in [0.29, 0.717) is 12.5 Å². The Morgan fingerprint density at radius 2 is 1.93 bits per heavy atom. The predicted octanol–water partition coefficient (Wildman–Crippen LogP) is 4.72. The summed E-state index contributed by atoms with van der Waals surface area (Å²) in [6, 6.07) is 3.95. The molecule has 0 saturated heterocycles. The van der Waals surface area contributed by atoms with Crippen LogP contribution in [0.3, 0.4) is 0 Å². The molecule has 4 fully saturated rings. The smallest absolute Gasteiger partial charge is 0.223 e. The summed E-state index contributed by atoms with van der Waals surface area (Å²) in [6.45, 7) is 5.05. The third kappa shape index (κ3) is 3.49. The predicted molar refractivity (Wildman–Crippen MR) is 117 cm³/mol. The maximum absolute atomic E-state index is 13.2. The number of carbonyl (C=O) groups is 1. The van der Waals surface area contributed by atoms with Gasteiger partial charge in [-0.15, -0.1) is 0 Å². The number of aliphatic hydroxyl groups is 1. The average molecular weight is 411 g/mol. The van der Waals surface area contributed by atoms with E-state index in [1.807, 2.05) is 25.3 Å². The van der Waals surface area contributed by atoms with Crippen LogP contribution in [0.5, 0.6) is 0 Å². The first kappa shape index (κ1) is 20.5. The van der Waals surface area contributed by atoms with Crippen molar-refractivity contribution in [1.29, 1.82) is 0 Å². The van der Waals surface area contributed by atoms with Gasteiger partial charge in [0, 0.05) is 24.9 Å². The SMILES string of the molecule is C[C@@]1(O)CC[C@H]2[C@H](CC[C@@H]3[C@@H]2CC[C@]2(C)[C@@H](C(=O)NCc4cccnc4)CC[C@@H]32)C1. The van der Waals surface area contributed by atoms with Crippen molar-refractivity contribution in [2.24, 2.45) is 40.9 Å². The van der Waals surface area contributed by atoms with E-state index in [-0.39, 0.29) is 17.2 Å². The molecule has 0 bridgehead atoms. The van der Waals surface area contributed by atoms with Gasteiger partial charge in [-0.2, -0.15) is 0 Å². The van der Waals surface area contributed by atoms with Gasteiger partial charge in [0.25, 0.3) is 0 Å².